The second-order valence-electron chi connectivity index (χ2n) is 5.57. The Kier molecular flexibility index (Phi) is 6.83. The van der Waals surface area contributed by atoms with Gasteiger partial charge in [0.2, 0.25) is 0 Å². The Labute approximate surface area is 128 Å². The maximum atomic E-state index is 5.84. The molecule has 2 rings (SSSR count). The first-order valence-electron chi connectivity index (χ1n) is 8.05. The number of hydrogen-bond donors (Lipinski definition) is 1. The number of benzene rings is 1. The number of nitrogens with one attached hydrogen (secondary N) is 1. The Hall–Kier alpha value is -1.26. The van der Waals surface area contributed by atoms with Crippen LogP contribution in [-0.4, -0.2) is 50.8 Å². The third kappa shape index (κ3) is 5.21. The van der Waals surface area contributed by atoms with Crippen molar-refractivity contribution in [1.82, 2.24) is 10.2 Å². The Morgan fingerprint density at radius 1 is 1.19 bits per heavy atom. The van der Waals surface area contributed by atoms with Crippen LogP contribution in [0.4, 0.5) is 0 Å². The largest absolute Gasteiger partial charge is 0.493 e. The van der Waals surface area contributed by atoms with E-state index in [1.165, 1.54) is 19.3 Å². The summed E-state index contributed by atoms with van der Waals surface area (Å²) < 4.78 is 11.1. The quantitative estimate of drug-likeness (QED) is 0.798. The molecule has 1 aromatic carbocycles. The zero-order valence-corrected chi connectivity index (χ0v) is 13.3. The molecule has 0 spiro atoms. The molecular formula is C17H28N2O2. The molecule has 1 fully saturated rings. The normalized spacial score (nSPS) is 16.9. The predicted molar refractivity (Wildman–Crippen MR) is 86.2 cm³/mol. The number of hydrogen-bond acceptors (Lipinski definition) is 4. The van der Waals surface area contributed by atoms with Crippen molar-refractivity contribution in [2.75, 3.05) is 39.9 Å². The van der Waals surface area contributed by atoms with Crippen molar-refractivity contribution in [2.24, 2.45) is 0 Å². The molecule has 1 aromatic rings. The van der Waals surface area contributed by atoms with Gasteiger partial charge in [-0.25, -0.2) is 0 Å². The maximum absolute atomic E-state index is 5.84. The lowest BCUT2D eigenvalue weighted by Crippen LogP contribution is -2.43. The minimum atomic E-state index is 0.705. The molecule has 4 nitrogen and oxygen atoms in total. The molecule has 4 heteroatoms. The Bertz CT molecular complexity index is 404. The number of piperidine rings is 1. The average Bonchev–Trinajstić information content (AvgIpc) is 2.54. The minimum absolute atomic E-state index is 0.705. The van der Waals surface area contributed by atoms with Crippen molar-refractivity contribution in [3.05, 3.63) is 24.3 Å². The number of ether oxygens (including phenoxy) is 2. The zero-order valence-electron chi connectivity index (χ0n) is 13.3. The second kappa shape index (κ2) is 8.90. The Morgan fingerprint density at radius 3 is 2.57 bits per heavy atom. The van der Waals surface area contributed by atoms with Crippen molar-refractivity contribution in [3.8, 4) is 11.5 Å². The Balaban J connectivity index is 1.66. The molecular weight excluding hydrogens is 264 g/mol. The van der Waals surface area contributed by atoms with Crippen LogP contribution in [0.25, 0.3) is 0 Å². The SMILES string of the molecule is CCCNC1CCN(CCOc2ccccc2OC)CC1. The van der Waals surface area contributed by atoms with Gasteiger partial charge >= 0.3 is 0 Å². The van der Waals surface area contributed by atoms with Gasteiger partial charge in [0.15, 0.2) is 11.5 Å². The molecule has 0 atom stereocenters. The van der Waals surface area contributed by atoms with Crippen molar-refractivity contribution in [3.63, 3.8) is 0 Å². The van der Waals surface area contributed by atoms with E-state index in [-0.39, 0.29) is 0 Å². The maximum Gasteiger partial charge on any atom is 0.161 e. The number of para-hydroxylation sites is 2. The summed E-state index contributed by atoms with van der Waals surface area (Å²) in [5, 5.41) is 3.61. The third-order valence-corrected chi connectivity index (χ3v) is 4.00. The topological polar surface area (TPSA) is 33.7 Å². The highest BCUT2D eigenvalue weighted by molar-refractivity contribution is 5.39. The molecule has 1 saturated heterocycles. The Morgan fingerprint density at radius 2 is 1.90 bits per heavy atom. The predicted octanol–water partition coefficient (Wildman–Crippen LogP) is 2.54. The summed E-state index contributed by atoms with van der Waals surface area (Å²) in [6, 6.07) is 8.53. The lowest BCUT2D eigenvalue weighted by atomic mass is 10.1. The van der Waals surface area contributed by atoms with Crippen molar-refractivity contribution in [1.29, 1.82) is 0 Å². The van der Waals surface area contributed by atoms with E-state index in [1.807, 2.05) is 24.3 Å². The first kappa shape index (κ1) is 16.1. The summed E-state index contributed by atoms with van der Waals surface area (Å²) in [5.41, 5.74) is 0. The van der Waals surface area contributed by atoms with E-state index >= 15 is 0 Å². The van der Waals surface area contributed by atoms with Gasteiger partial charge < -0.3 is 14.8 Å². The van der Waals surface area contributed by atoms with E-state index in [9.17, 15) is 0 Å². The lowest BCUT2D eigenvalue weighted by molar-refractivity contribution is 0.163. The second-order valence-corrected chi connectivity index (χ2v) is 5.57. The van der Waals surface area contributed by atoms with Gasteiger partial charge in [-0.3, -0.25) is 4.90 Å². The molecule has 0 unspecified atom stereocenters. The molecule has 0 bridgehead atoms. The van der Waals surface area contributed by atoms with Crippen LogP contribution in [0.1, 0.15) is 26.2 Å². The van der Waals surface area contributed by atoms with Gasteiger partial charge in [-0.2, -0.15) is 0 Å². The smallest absolute Gasteiger partial charge is 0.161 e. The van der Waals surface area contributed by atoms with E-state index in [2.05, 4.69) is 17.1 Å². The van der Waals surface area contributed by atoms with Crippen molar-refractivity contribution in [2.45, 2.75) is 32.2 Å². The summed E-state index contributed by atoms with van der Waals surface area (Å²) >= 11 is 0. The molecule has 1 N–H and O–H groups in total. The van der Waals surface area contributed by atoms with Crippen LogP contribution in [0.2, 0.25) is 0 Å². The van der Waals surface area contributed by atoms with Gasteiger partial charge in [-0.05, 0) is 51.0 Å². The van der Waals surface area contributed by atoms with Crippen LogP contribution in [0.5, 0.6) is 11.5 Å². The summed E-state index contributed by atoms with van der Waals surface area (Å²) in [4.78, 5) is 2.49. The number of likely N-dealkylation sites (tertiary alicyclic amines) is 1. The van der Waals surface area contributed by atoms with Crippen molar-refractivity contribution < 1.29 is 9.47 Å². The molecule has 118 valence electrons. The van der Waals surface area contributed by atoms with Gasteiger partial charge in [0.25, 0.3) is 0 Å². The number of methoxy groups -OCH3 is 1. The molecule has 21 heavy (non-hydrogen) atoms. The molecule has 0 aliphatic carbocycles. The van der Waals surface area contributed by atoms with Gasteiger partial charge in [0.1, 0.15) is 6.61 Å². The van der Waals surface area contributed by atoms with Gasteiger partial charge in [-0.1, -0.05) is 19.1 Å². The van der Waals surface area contributed by atoms with Crippen LogP contribution >= 0.6 is 0 Å². The number of nitrogens with zero attached hydrogens (tertiary/aromatic N) is 1. The fourth-order valence-corrected chi connectivity index (χ4v) is 2.73. The fourth-order valence-electron chi connectivity index (χ4n) is 2.73. The van der Waals surface area contributed by atoms with E-state index in [0.717, 1.165) is 37.7 Å². The summed E-state index contributed by atoms with van der Waals surface area (Å²) in [5.74, 6) is 1.64. The molecule has 0 aromatic heterocycles. The van der Waals surface area contributed by atoms with E-state index in [0.29, 0.717) is 12.6 Å². The number of rotatable bonds is 8. The van der Waals surface area contributed by atoms with E-state index < -0.39 is 0 Å². The standard InChI is InChI=1S/C17H28N2O2/c1-3-10-18-15-8-11-19(12-9-15)13-14-21-17-7-5-4-6-16(17)20-2/h4-7,15,18H,3,8-14H2,1-2H3. The van der Waals surface area contributed by atoms with Gasteiger partial charge in [0, 0.05) is 12.6 Å². The van der Waals surface area contributed by atoms with Crippen molar-refractivity contribution >= 4 is 0 Å². The van der Waals surface area contributed by atoms with Crippen LogP contribution in [0.3, 0.4) is 0 Å². The minimum Gasteiger partial charge on any atom is -0.493 e. The lowest BCUT2D eigenvalue weighted by Gasteiger charge is -2.32. The summed E-state index contributed by atoms with van der Waals surface area (Å²) in [6.45, 7) is 7.39. The first-order chi connectivity index (χ1) is 10.3. The van der Waals surface area contributed by atoms with E-state index in [4.69, 9.17) is 9.47 Å². The van der Waals surface area contributed by atoms with Gasteiger partial charge in [-0.15, -0.1) is 0 Å². The van der Waals surface area contributed by atoms with Crippen LogP contribution in [0.15, 0.2) is 24.3 Å². The molecule has 0 amide bonds. The first-order valence-corrected chi connectivity index (χ1v) is 8.05. The highest BCUT2D eigenvalue weighted by Gasteiger charge is 2.18. The van der Waals surface area contributed by atoms with Crippen LogP contribution in [0, 0.1) is 0 Å². The average molecular weight is 292 g/mol. The molecule has 1 aliphatic heterocycles. The summed E-state index contributed by atoms with van der Waals surface area (Å²) in [6.07, 6.45) is 3.70. The molecule has 1 aliphatic rings. The molecule has 0 saturated carbocycles. The van der Waals surface area contributed by atoms with Crippen LogP contribution in [-0.2, 0) is 0 Å². The monoisotopic (exact) mass is 292 g/mol. The molecule has 0 radical (unpaired) electrons. The fraction of sp³-hybridized carbons (Fsp3) is 0.647. The van der Waals surface area contributed by atoms with Crippen LogP contribution < -0.4 is 14.8 Å². The van der Waals surface area contributed by atoms with Gasteiger partial charge in [0.05, 0.1) is 7.11 Å². The zero-order chi connectivity index (χ0) is 14.9. The van der Waals surface area contributed by atoms with E-state index in [1.54, 1.807) is 7.11 Å². The molecule has 1 heterocycles. The third-order valence-electron chi connectivity index (χ3n) is 4.00. The highest BCUT2D eigenvalue weighted by Crippen LogP contribution is 2.25. The summed E-state index contributed by atoms with van der Waals surface area (Å²) in [7, 11) is 1.68. The highest BCUT2D eigenvalue weighted by atomic mass is 16.5.